The summed E-state index contributed by atoms with van der Waals surface area (Å²) in [5.74, 6) is -0.312. The van der Waals surface area contributed by atoms with Crippen LogP contribution in [0.2, 0.25) is 0 Å². The minimum absolute atomic E-state index is 0. The quantitative estimate of drug-likeness (QED) is 0.535. The highest BCUT2D eigenvalue weighted by atomic mass is 35.5. The summed E-state index contributed by atoms with van der Waals surface area (Å²) >= 11 is 0. The smallest absolute Gasteiger partial charge is 0.333 e. The van der Waals surface area contributed by atoms with Gasteiger partial charge >= 0.3 is 5.97 Å². The molecule has 0 aromatic rings. The number of rotatable bonds is 2. The molecule has 0 aliphatic heterocycles. The zero-order valence-electron chi connectivity index (χ0n) is 8.14. The summed E-state index contributed by atoms with van der Waals surface area (Å²) in [6.07, 6.45) is 0. The molecule has 0 aliphatic carbocycles. The molecule has 0 aliphatic rings. The Hall–Kier alpha value is -0.540. The zero-order valence-corrected chi connectivity index (χ0v) is 8.96. The van der Waals surface area contributed by atoms with Crippen LogP contribution in [0.25, 0.3) is 0 Å². The Labute approximate surface area is 80.6 Å². The summed E-state index contributed by atoms with van der Waals surface area (Å²) in [7, 11) is 3.75. The molecule has 0 aromatic heterocycles. The van der Waals surface area contributed by atoms with Crippen molar-refractivity contribution >= 4 is 18.4 Å². The van der Waals surface area contributed by atoms with E-state index in [0.29, 0.717) is 12.2 Å². The van der Waals surface area contributed by atoms with Crippen molar-refractivity contribution in [1.29, 1.82) is 0 Å². The molecule has 0 atom stereocenters. The van der Waals surface area contributed by atoms with Gasteiger partial charge in [-0.05, 0) is 27.9 Å². The second-order valence-corrected chi connectivity index (χ2v) is 2.00. The molecule has 3 nitrogen and oxygen atoms in total. The van der Waals surface area contributed by atoms with Gasteiger partial charge in [0, 0.05) is 5.57 Å². The van der Waals surface area contributed by atoms with Gasteiger partial charge in [-0.1, -0.05) is 6.58 Å². The Morgan fingerprint density at radius 1 is 1.50 bits per heavy atom. The maximum absolute atomic E-state index is 10.4. The molecule has 0 bridgehead atoms. The largest absolute Gasteiger partial charge is 0.463 e. The first kappa shape index (κ1) is 17.5. The first-order valence-electron chi connectivity index (χ1n) is 3.51. The highest BCUT2D eigenvalue weighted by molar-refractivity contribution is 5.86. The molecular formula is C8H18ClNO2. The lowest BCUT2D eigenvalue weighted by Gasteiger charge is -1.96. The van der Waals surface area contributed by atoms with Crippen LogP contribution in [0.1, 0.15) is 13.8 Å². The van der Waals surface area contributed by atoms with Gasteiger partial charge in [-0.3, -0.25) is 0 Å². The molecule has 0 unspecified atom stereocenters. The third kappa shape index (κ3) is 16.2. The van der Waals surface area contributed by atoms with Crippen LogP contribution < -0.4 is 5.32 Å². The van der Waals surface area contributed by atoms with Crippen molar-refractivity contribution in [3.05, 3.63) is 12.2 Å². The van der Waals surface area contributed by atoms with E-state index in [-0.39, 0.29) is 18.4 Å². The Bertz CT molecular complexity index is 126. The van der Waals surface area contributed by atoms with Crippen LogP contribution in [0, 0.1) is 0 Å². The summed E-state index contributed by atoms with van der Waals surface area (Å²) in [6.45, 7) is 7.21. The molecule has 0 amide bonds. The van der Waals surface area contributed by atoms with E-state index in [9.17, 15) is 4.79 Å². The highest BCUT2D eigenvalue weighted by Crippen LogP contribution is 1.89. The summed E-state index contributed by atoms with van der Waals surface area (Å²) in [5.41, 5.74) is 0.451. The Balaban J connectivity index is -0.000000177. The van der Waals surface area contributed by atoms with Crippen molar-refractivity contribution < 1.29 is 9.53 Å². The van der Waals surface area contributed by atoms with Crippen LogP contribution in [0.5, 0.6) is 0 Å². The first-order valence-corrected chi connectivity index (χ1v) is 3.51. The third-order valence-corrected chi connectivity index (χ3v) is 0.624. The van der Waals surface area contributed by atoms with Gasteiger partial charge in [0.25, 0.3) is 0 Å². The first-order chi connectivity index (χ1) is 5.09. The molecule has 0 fully saturated rings. The minimum Gasteiger partial charge on any atom is -0.463 e. The number of nitrogens with one attached hydrogen (secondary N) is 1. The van der Waals surface area contributed by atoms with Crippen LogP contribution in [0.4, 0.5) is 0 Å². The van der Waals surface area contributed by atoms with E-state index in [1.807, 2.05) is 14.1 Å². The molecule has 0 aromatic carbocycles. The standard InChI is InChI=1S/C6H10O2.C2H7N.ClH/c1-4-8-6(7)5(2)3;1-3-2;/h2,4H2,1,3H3;3H,1-2H3;1H. The summed E-state index contributed by atoms with van der Waals surface area (Å²) in [5, 5.41) is 2.75. The van der Waals surface area contributed by atoms with Crippen molar-refractivity contribution in [1.82, 2.24) is 5.32 Å². The van der Waals surface area contributed by atoms with Crippen LogP contribution >= 0.6 is 12.4 Å². The highest BCUT2D eigenvalue weighted by Gasteiger charge is 1.98. The second kappa shape index (κ2) is 13.1. The van der Waals surface area contributed by atoms with E-state index >= 15 is 0 Å². The third-order valence-electron chi connectivity index (χ3n) is 0.624. The van der Waals surface area contributed by atoms with Gasteiger partial charge in [0.2, 0.25) is 0 Å². The van der Waals surface area contributed by atoms with Crippen LogP contribution in [-0.2, 0) is 9.53 Å². The number of carbonyl (C=O) groups excluding carboxylic acids is 1. The van der Waals surface area contributed by atoms with E-state index < -0.39 is 0 Å². The maximum atomic E-state index is 10.4. The number of ether oxygens (including phenoxy) is 1. The minimum atomic E-state index is -0.312. The number of halogens is 1. The number of hydrogen-bond acceptors (Lipinski definition) is 3. The fraction of sp³-hybridized carbons (Fsp3) is 0.625. The molecule has 0 spiro atoms. The lowest BCUT2D eigenvalue weighted by atomic mass is 10.4. The normalized spacial score (nSPS) is 7.00. The Kier molecular flexibility index (Phi) is 19.1. The van der Waals surface area contributed by atoms with Gasteiger partial charge in [0.05, 0.1) is 6.61 Å². The number of hydrogen-bond donors (Lipinski definition) is 1. The second-order valence-electron chi connectivity index (χ2n) is 2.00. The molecule has 12 heavy (non-hydrogen) atoms. The molecular weight excluding hydrogens is 178 g/mol. The molecule has 4 heteroatoms. The number of carbonyl (C=O) groups is 1. The van der Waals surface area contributed by atoms with Crippen LogP contribution in [0.3, 0.4) is 0 Å². The fourth-order valence-corrected chi connectivity index (χ4v) is 0.254. The van der Waals surface area contributed by atoms with Gasteiger partial charge < -0.3 is 10.1 Å². The predicted molar refractivity (Wildman–Crippen MR) is 53.7 cm³/mol. The van der Waals surface area contributed by atoms with Gasteiger partial charge in [-0.25, -0.2) is 4.79 Å². The van der Waals surface area contributed by atoms with E-state index in [4.69, 9.17) is 0 Å². The Morgan fingerprint density at radius 3 is 1.92 bits per heavy atom. The van der Waals surface area contributed by atoms with Crippen molar-refractivity contribution in [2.45, 2.75) is 13.8 Å². The lowest BCUT2D eigenvalue weighted by molar-refractivity contribution is -0.138. The summed E-state index contributed by atoms with van der Waals surface area (Å²) in [6, 6.07) is 0. The maximum Gasteiger partial charge on any atom is 0.333 e. The van der Waals surface area contributed by atoms with E-state index in [1.54, 1.807) is 13.8 Å². The average molecular weight is 196 g/mol. The monoisotopic (exact) mass is 195 g/mol. The van der Waals surface area contributed by atoms with E-state index in [1.165, 1.54) is 0 Å². The van der Waals surface area contributed by atoms with Gasteiger partial charge in [0.15, 0.2) is 0 Å². The molecule has 0 radical (unpaired) electrons. The SMILES string of the molecule is C=C(C)C(=O)OCC.CNC.Cl. The van der Waals surface area contributed by atoms with Gasteiger partial charge in [0.1, 0.15) is 0 Å². The van der Waals surface area contributed by atoms with E-state index in [0.717, 1.165) is 0 Å². The van der Waals surface area contributed by atoms with Gasteiger partial charge in [-0.15, -0.1) is 12.4 Å². The summed E-state index contributed by atoms with van der Waals surface area (Å²) in [4.78, 5) is 10.4. The van der Waals surface area contributed by atoms with Crippen LogP contribution in [0.15, 0.2) is 12.2 Å². The van der Waals surface area contributed by atoms with Crippen molar-refractivity contribution in [3.63, 3.8) is 0 Å². The Morgan fingerprint density at radius 2 is 1.83 bits per heavy atom. The average Bonchev–Trinajstić information content (AvgIpc) is 1.90. The van der Waals surface area contributed by atoms with Crippen molar-refractivity contribution in [3.8, 4) is 0 Å². The molecule has 0 saturated carbocycles. The van der Waals surface area contributed by atoms with Gasteiger partial charge in [-0.2, -0.15) is 0 Å². The summed E-state index contributed by atoms with van der Waals surface area (Å²) < 4.78 is 4.56. The molecule has 1 N–H and O–H groups in total. The molecule has 0 rings (SSSR count). The fourth-order valence-electron chi connectivity index (χ4n) is 0.254. The molecule has 0 saturated heterocycles. The predicted octanol–water partition coefficient (Wildman–Crippen LogP) is 1.38. The van der Waals surface area contributed by atoms with Crippen molar-refractivity contribution in [2.24, 2.45) is 0 Å². The lowest BCUT2D eigenvalue weighted by Crippen LogP contribution is -2.03. The topological polar surface area (TPSA) is 38.3 Å². The molecule has 74 valence electrons. The number of esters is 1. The van der Waals surface area contributed by atoms with E-state index in [2.05, 4.69) is 16.6 Å². The zero-order chi connectivity index (χ0) is 9.28. The molecule has 0 heterocycles. The van der Waals surface area contributed by atoms with Crippen molar-refractivity contribution in [2.75, 3.05) is 20.7 Å². The van der Waals surface area contributed by atoms with Crippen LogP contribution in [-0.4, -0.2) is 26.7 Å².